The van der Waals surface area contributed by atoms with Gasteiger partial charge >= 0.3 is 12.2 Å². The molecule has 1 fully saturated rings. The van der Waals surface area contributed by atoms with Crippen LogP contribution >= 0.6 is 15.9 Å². The first-order valence-electron chi connectivity index (χ1n) is 9.04. The summed E-state index contributed by atoms with van der Waals surface area (Å²) in [5, 5.41) is 0.442. The van der Waals surface area contributed by atoms with E-state index in [1.807, 2.05) is 32.6 Å². The van der Waals surface area contributed by atoms with Crippen molar-refractivity contribution in [3.63, 3.8) is 0 Å². The molecule has 2 heterocycles. The van der Waals surface area contributed by atoms with Crippen LogP contribution in [0, 0.1) is 18.8 Å². The molecule has 1 saturated heterocycles. The van der Waals surface area contributed by atoms with Crippen LogP contribution < -0.4 is 4.90 Å². The number of aromatic nitrogens is 2. The summed E-state index contributed by atoms with van der Waals surface area (Å²) in [6, 6.07) is 1.58. The van der Waals surface area contributed by atoms with Crippen molar-refractivity contribution in [2.24, 2.45) is 0 Å². The zero-order valence-electron chi connectivity index (χ0n) is 16.5. The summed E-state index contributed by atoms with van der Waals surface area (Å²) < 4.78 is 34.4. The Bertz CT molecular complexity index is 933. The molecule has 0 aliphatic carbocycles. The van der Waals surface area contributed by atoms with Gasteiger partial charge in [-0.1, -0.05) is 0 Å². The fourth-order valence-corrected chi connectivity index (χ4v) is 3.57. The van der Waals surface area contributed by atoms with E-state index in [1.165, 1.54) is 0 Å². The Kier molecular flexibility index (Phi) is 5.49. The van der Waals surface area contributed by atoms with Crippen molar-refractivity contribution >= 4 is 38.7 Å². The Labute approximate surface area is 171 Å². The first-order chi connectivity index (χ1) is 13.0. The number of hydrogen-bond donors (Lipinski definition) is 0. The summed E-state index contributed by atoms with van der Waals surface area (Å²) in [4.78, 5) is 23.4. The Hall–Kier alpha value is -2.03. The molecule has 6 nitrogen and oxygen atoms in total. The van der Waals surface area contributed by atoms with Crippen LogP contribution in [0.3, 0.4) is 0 Å². The number of aryl methyl sites for hydroxylation is 1. The van der Waals surface area contributed by atoms with Gasteiger partial charge in [-0.25, -0.2) is 9.18 Å². The molecular weight excluding hydrogens is 434 g/mol. The molecule has 1 aliphatic heterocycles. The lowest BCUT2D eigenvalue weighted by atomic mass is 10.1. The topological polar surface area (TPSA) is 58.6 Å². The number of carbonyl (C=O) groups is 1. The number of piperazine rings is 1. The number of benzene rings is 1. The highest BCUT2D eigenvalue weighted by molar-refractivity contribution is 9.10. The summed E-state index contributed by atoms with van der Waals surface area (Å²) in [5.41, 5.74) is 0.0227. The van der Waals surface area contributed by atoms with Gasteiger partial charge in [0.1, 0.15) is 16.9 Å². The molecule has 1 aromatic heterocycles. The van der Waals surface area contributed by atoms with E-state index in [0.29, 0.717) is 36.4 Å². The molecule has 0 N–H and O–H groups in total. The number of rotatable bonds is 1. The van der Waals surface area contributed by atoms with Crippen molar-refractivity contribution in [2.75, 3.05) is 24.5 Å². The van der Waals surface area contributed by atoms with E-state index >= 15 is 0 Å². The molecule has 0 radical (unpaired) electrons. The van der Waals surface area contributed by atoms with Crippen LogP contribution in [0.5, 0.6) is 0 Å². The van der Waals surface area contributed by atoms with E-state index in [4.69, 9.17) is 4.74 Å². The highest BCUT2D eigenvalue weighted by Gasteiger charge is 2.32. The van der Waals surface area contributed by atoms with E-state index in [1.54, 1.807) is 17.9 Å². The minimum atomic E-state index is -0.987. The van der Waals surface area contributed by atoms with Crippen LogP contribution in [0.1, 0.15) is 33.3 Å². The molecular formula is C19H23BrF2N4O2. The van der Waals surface area contributed by atoms with Crippen molar-refractivity contribution in [1.29, 1.82) is 0 Å². The van der Waals surface area contributed by atoms with Gasteiger partial charge in [0.2, 0.25) is 0 Å². The predicted molar refractivity (Wildman–Crippen MR) is 107 cm³/mol. The molecule has 1 aromatic carbocycles. The SMILES string of the molecule is Cc1cc2c(N3CCN(C(=O)OC(C)(C)C)C[C@@H]3C)nc(F)nc2c(F)c1Br. The summed E-state index contributed by atoms with van der Waals surface area (Å²) in [5.74, 6) is -0.286. The second-order valence-corrected chi connectivity index (χ2v) is 8.80. The average molecular weight is 457 g/mol. The maximum atomic E-state index is 14.6. The van der Waals surface area contributed by atoms with Gasteiger partial charge in [0.05, 0.1) is 4.47 Å². The van der Waals surface area contributed by atoms with Crippen LogP contribution in [0.15, 0.2) is 10.5 Å². The van der Waals surface area contributed by atoms with Crippen molar-refractivity contribution in [2.45, 2.75) is 46.3 Å². The first kappa shape index (κ1) is 20.7. The lowest BCUT2D eigenvalue weighted by molar-refractivity contribution is 0.0218. The van der Waals surface area contributed by atoms with Gasteiger partial charge in [0, 0.05) is 31.1 Å². The van der Waals surface area contributed by atoms with Gasteiger partial charge in [-0.2, -0.15) is 14.4 Å². The smallest absolute Gasteiger partial charge is 0.410 e. The predicted octanol–water partition coefficient (Wildman–Crippen LogP) is 4.42. The van der Waals surface area contributed by atoms with E-state index in [-0.39, 0.29) is 22.1 Å². The number of ether oxygens (including phenoxy) is 1. The zero-order chi connectivity index (χ0) is 20.8. The highest BCUT2D eigenvalue weighted by Crippen LogP contribution is 2.33. The largest absolute Gasteiger partial charge is 0.444 e. The van der Waals surface area contributed by atoms with Crippen LogP contribution in [0.25, 0.3) is 10.9 Å². The maximum absolute atomic E-state index is 14.6. The average Bonchev–Trinajstić information content (AvgIpc) is 2.58. The quantitative estimate of drug-likeness (QED) is 0.594. The van der Waals surface area contributed by atoms with Gasteiger partial charge < -0.3 is 14.5 Å². The number of hydrogen-bond acceptors (Lipinski definition) is 5. The second kappa shape index (κ2) is 7.42. The van der Waals surface area contributed by atoms with Crippen LogP contribution in [0.2, 0.25) is 0 Å². The molecule has 1 atom stereocenters. The molecule has 0 saturated carbocycles. The Balaban J connectivity index is 1.93. The number of carbonyl (C=O) groups excluding carboxylic acids is 1. The van der Waals surface area contributed by atoms with Gasteiger partial charge in [-0.05, 0) is 62.2 Å². The number of nitrogens with zero attached hydrogens (tertiary/aromatic N) is 4. The minimum absolute atomic E-state index is 0.0678. The molecule has 0 bridgehead atoms. The van der Waals surface area contributed by atoms with E-state index in [9.17, 15) is 13.6 Å². The van der Waals surface area contributed by atoms with Crippen molar-refractivity contribution in [1.82, 2.24) is 14.9 Å². The standard InChI is InChI=1S/C19H23BrF2N4O2/c1-10-8-12-15(14(21)13(10)20)23-17(22)24-16(12)26-7-6-25(9-11(26)2)18(27)28-19(3,4)5/h8,11H,6-7,9H2,1-5H3/t11-/m0/s1. The molecule has 2 aromatic rings. The van der Waals surface area contributed by atoms with Crippen molar-refractivity contribution in [3.05, 3.63) is 28.0 Å². The zero-order valence-corrected chi connectivity index (χ0v) is 18.1. The molecule has 152 valence electrons. The van der Waals surface area contributed by atoms with Crippen LogP contribution in [-0.4, -0.2) is 52.2 Å². The minimum Gasteiger partial charge on any atom is -0.444 e. The molecule has 28 heavy (non-hydrogen) atoms. The molecule has 3 rings (SSSR count). The first-order valence-corrected chi connectivity index (χ1v) is 9.83. The van der Waals surface area contributed by atoms with Crippen molar-refractivity contribution < 1.29 is 18.3 Å². The van der Waals surface area contributed by atoms with Crippen LogP contribution in [0.4, 0.5) is 19.4 Å². The summed E-state index contributed by atoms with van der Waals surface area (Å²) in [7, 11) is 0. The second-order valence-electron chi connectivity index (χ2n) is 8.00. The summed E-state index contributed by atoms with van der Waals surface area (Å²) in [6.07, 6.45) is -1.37. The fourth-order valence-electron chi connectivity index (χ4n) is 3.27. The third kappa shape index (κ3) is 4.04. The number of halogens is 3. The van der Waals surface area contributed by atoms with E-state index in [2.05, 4.69) is 25.9 Å². The maximum Gasteiger partial charge on any atom is 0.410 e. The number of amides is 1. The lowest BCUT2D eigenvalue weighted by Gasteiger charge is -2.41. The number of fused-ring (bicyclic) bond motifs is 1. The third-order valence-corrected chi connectivity index (χ3v) is 5.53. The van der Waals surface area contributed by atoms with Gasteiger partial charge in [0.25, 0.3) is 0 Å². The number of anilines is 1. The summed E-state index contributed by atoms with van der Waals surface area (Å²) in [6.45, 7) is 10.3. The van der Waals surface area contributed by atoms with Crippen molar-refractivity contribution in [3.8, 4) is 0 Å². The molecule has 0 unspecified atom stereocenters. The Morgan fingerprint density at radius 3 is 2.57 bits per heavy atom. The van der Waals surface area contributed by atoms with Gasteiger partial charge in [0.15, 0.2) is 5.82 Å². The van der Waals surface area contributed by atoms with E-state index in [0.717, 1.165) is 0 Å². The van der Waals surface area contributed by atoms with Crippen LogP contribution in [-0.2, 0) is 4.74 Å². The van der Waals surface area contributed by atoms with Gasteiger partial charge in [-0.15, -0.1) is 0 Å². The molecule has 0 spiro atoms. The fraction of sp³-hybridized carbons (Fsp3) is 0.526. The Morgan fingerprint density at radius 2 is 1.96 bits per heavy atom. The monoisotopic (exact) mass is 456 g/mol. The molecule has 9 heteroatoms. The molecule has 1 amide bonds. The van der Waals surface area contributed by atoms with E-state index < -0.39 is 17.5 Å². The third-order valence-electron chi connectivity index (χ3n) is 4.56. The normalized spacial score (nSPS) is 17.9. The lowest BCUT2D eigenvalue weighted by Crippen LogP contribution is -2.55. The summed E-state index contributed by atoms with van der Waals surface area (Å²) >= 11 is 3.18. The Morgan fingerprint density at radius 1 is 1.29 bits per heavy atom. The highest BCUT2D eigenvalue weighted by atomic mass is 79.9. The van der Waals surface area contributed by atoms with Gasteiger partial charge in [-0.3, -0.25) is 0 Å². The molecule has 1 aliphatic rings.